The van der Waals surface area contributed by atoms with Crippen LogP contribution >= 0.6 is 0 Å². The number of benzene rings is 1. The lowest BCUT2D eigenvalue weighted by atomic mass is 10.0. The average molecular weight is 258 g/mol. The quantitative estimate of drug-likeness (QED) is 0.424. The fraction of sp³-hybridized carbons (Fsp3) is 0.471. The molecule has 1 saturated heterocycles. The number of hydrogen-bond donors (Lipinski definition) is 0. The summed E-state index contributed by atoms with van der Waals surface area (Å²) in [5, 5.41) is 0. The molecule has 0 radical (unpaired) electrons. The van der Waals surface area contributed by atoms with Gasteiger partial charge in [0.25, 0.3) is 0 Å². The second-order valence-electron chi connectivity index (χ2n) is 5.52. The van der Waals surface area contributed by atoms with Gasteiger partial charge in [-0.1, -0.05) is 42.0 Å². The van der Waals surface area contributed by atoms with Gasteiger partial charge in [0.1, 0.15) is 5.60 Å². The third kappa shape index (κ3) is 4.03. The van der Waals surface area contributed by atoms with Gasteiger partial charge in [0.2, 0.25) is 0 Å². The van der Waals surface area contributed by atoms with Gasteiger partial charge < -0.3 is 9.53 Å². The Hall–Kier alpha value is -1.41. The Labute approximate surface area is 115 Å². The molecule has 2 atom stereocenters. The van der Waals surface area contributed by atoms with Gasteiger partial charge in [-0.3, -0.25) is 0 Å². The molecule has 102 valence electrons. The molecule has 0 amide bonds. The van der Waals surface area contributed by atoms with Crippen LogP contribution in [0.25, 0.3) is 0 Å². The molecule has 1 heterocycles. The maximum atomic E-state index is 10.7. The van der Waals surface area contributed by atoms with Gasteiger partial charge in [-0.05, 0) is 45.1 Å². The smallest absolute Gasteiger partial charge is 0.154 e. The lowest BCUT2D eigenvalue weighted by Crippen LogP contribution is -2.10. The summed E-state index contributed by atoms with van der Waals surface area (Å²) in [6, 6.07) is 10.5. The third-order valence-electron chi connectivity index (χ3n) is 3.78. The molecule has 2 unspecified atom stereocenters. The highest BCUT2D eigenvalue weighted by Crippen LogP contribution is 2.37. The molecular formula is C17H22O2. The van der Waals surface area contributed by atoms with Crippen LogP contribution in [-0.2, 0) is 16.0 Å². The molecule has 0 bridgehead atoms. The number of aryl methyl sites for hydroxylation is 1. The summed E-state index contributed by atoms with van der Waals surface area (Å²) < 4.78 is 5.38. The maximum absolute atomic E-state index is 10.7. The van der Waals surface area contributed by atoms with Gasteiger partial charge in [-0.2, -0.15) is 0 Å². The van der Waals surface area contributed by atoms with E-state index in [0.717, 1.165) is 32.0 Å². The van der Waals surface area contributed by atoms with Crippen molar-refractivity contribution in [3.05, 3.63) is 47.5 Å². The first kappa shape index (κ1) is 14.0. The Morgan fingerprint density at radius 2 is 2.11 bits per heavy atom. The Bertz CT molecular complexity index is 450. The van der Waals surface area contributed by atoms with E-state index in [-0.39, 0.29) is 6.10 Å². The maximum Gasteiger partial charge on any atom is 0.154 e. The van der Waals surface area contributed by atoms with Crippen LogP contribution in [-0.4, -0.2) is 18.0 Å². The minimum absolute atomic E-state index is 0.127. The van der Waals surface area contributed by atoms with Crippen molar-refractivity contribution < 1.29 is 9.53 Å². The second kappa shape index (κ2) is 6.16. The van der Waals surface area contributed by atoms with E-state index in [9.17, 15) is 4.79 Å². The molecule has 0 spiro atoms. The van der Waals surface area contributed by atoms with Crippen LogP contribution in [0.3, 0.4) is 0 Å². The highest BCUT2D eigenvalue weighted by Gasteiger charge is 2.51. The summed E-state index contributed by atoms with van der Waals surface area (Å²) in [5.74, 6) is 0. The first-order chi connectivity index (χ1) is 9.14. The molecule has 1 aliphatic heterocycles. The lowest BCUT2D eigenvalue weighted by Gasteiger charge is -2.01. The molecule has 1 aliphatic rings. The average Bonchev–Trinajstić information content (AvgIpc) is 3.09. The van der Waals surface area contributed by atoms with Crippen molar-refractivity contribution in [3.8, 4) is 0 Å². The van der Waals surface area contributed by atoms with Crippen LogP contribution in [0.4, 0.5) is 0 Å². The van der Waals surface area contributed by atoms with Crippen molar-refractivity contribution in [1.82, 2.24) is 0 Å². The molecule has 2 heteroatoms. The van der Waals surface area contributed by atoms with Gasteiger partial charge >= 0.3 is 0 Å². The number of hydrogen-bond acceptors (Lipinski definition) is 2. The summed E-state index contributed by atoms with van der Waals surface area (Å²) >= 11 is 0. The summed E-state index contributed by atoms with van der Waals surface area (Å²) in [5.41, 5.74) is 2.27. The number of rotatable bonds is 7. The number of allylic oxidation sites excluding steroid dienone is 2. The topological polar surface area (TPSA) is 29.6 Å². The summed E-state index contributed by atoms with van der Waals surface area (Å²) in [4.78, 5) is 10.7. The second-order valence-corrected chi connectivity index (χ2v) is 5.52. The summed E-state index contributed by atoms with van der Waals surface area (Å²) in [6.07, 6.45) is 7.48. The van der Waals surface area contributed by atoms with E-state index in [4.69, 9.17) is 4.74 Å². The molecule has 1 aromatic rings. The Kier molecular flexibility index (Phi) is 4.54. The van der Waals surface area contributed by atoms with E-state index in [1.807, 2.05) is 13.0 Å². The SMILES string of the molecule is CC(=CCCc1ccccc1)CCC1OC1(C)C=O. The highest BCUT2D eigenvalue weighted by atomic mass is 16.6. The lowest BCUT2D eigenvalue weighted by molar-refractivity contribution is -0.111. The van der Waals surface area contributed by atoms with Gasteiger partial charge in [-0.15, -0.1) is 0 Å². The zero-order valence-corrected chi connectivity index (χ0v) is 11.8. The number of aldehydes is 1. The molecule has 0 N–H and O–H groups in total. The van der Waals surface area contributed by atoms with Crippen LogP contribution in [0.1, 0.15) is 38.7 Å². The predicted octanol–water partition coefficient (Wildman–Crippen LogP) is 3.70. The Morgan fingerprint density at radius 3 is 2.74 bits per heavy atom. The van der Waals surface area contributed by atoms with Gasteiger partial charge in [0.15, 0.2) is 6.29 Å². The van der Waals surface area contributed by atoms with E-state index in [1.165, 1.54) is 11.1 Å². The normalized spacial score (nSPS) is 26.2. The highest BCUT2D eigenvalue weighted by molar-refractivity contribution is 5.66. The first-order valence-electron chi connectivity index (χ1n) is 6.98. The molecule has 0 aliphatic carbocycles. The van der Waals surface area contributed by atoms with Crippen molar-refractivity contribution in [2.24, 2.45) is 0 Å². The third-order valence-corrected chi connectivity index (χ3v) is 3.78. The van der Waals surface area contributed by atoms with E-state index < -0.39 is 5.60 Å². The summed E-state index contributed by atoms with van der Waals surface area (Å²) in [7, 11) is 0. The van der Waals surface area contributed by atoms with E-state index >= 15 is 0 Å². The van der Waals surface area contributed by atoms with Crippen LogP contribution in [0.5, 0.6) is 0 Å². The van der Waals surface area contributed by atoms with Crippen LogP contribution < -0.4 is 0 Å². The van der Waals surface area contributed by atoms with E-state index in [1.54, 1.807) is 0 Å². The van der Waals surface area contributed by atoms with Gasteiger partial charge in [0, 0.05) is 0 Å². The molecule has 2 rings (SSSR count). The zero-order valence-electron chi connectivity index (χ0n) is 11.8. The van der Waals surface area contributed by atoms with Crippen LogP contribution in [0, 0.1) is 0 Å². The van der Waals surface area contributed by atoms with Crippen LogP contribution in [0.2, 0.25) is 0 Å². The number of ether oxygens (including phenoxy) is 1. The molecule has 2 nitrogen and oxygen atoms in total. The molecule has 0 saturated carbocycles. The minimum Gasteiger partial charge on any atom is -0.358 e. The van der Waals surface area contributed by atoms with Crippen molar-refractivity contribution >= 4 is 6.29 Å². The number of carbonyl (C=O) groups is 1. The first-order valence-corrected chi connectivity index (χ1v) is 6.98. The standard InChI is InChI=1S/C17H22O2/c1-14(11-12-16-17(2,13-18)19-16)7-6-10-15-8-4-3-5-9-15/h3-5,7-9,13,16H,6,10-12H2,1-2H3. The molecule has 1 aromatic carbocycles. The largest absolute Gasteiger partial charge is 0.358 e. The molecule has 0 aromatic heterocycles. The molecule has 19 heavy (non-hydrogen) atoms. The number of epoxide rings is 1. The van der Waals surface area contributed by atoms with Crippen molar-refractivity contribution in [1.29, 1.82) is 0 Å². The Balaban J connectivity index is 1.68. The van der Waals surface area contributed by atoms with E-state index in [0.29, 0.717) is 0 Å². The number of carbonyl (C=O) groups excluding carboxylic acids is 1. The zero-order chi connectivity index (χ0) is 13.7. The van der Waals surface area contributed by atoms with Gasteiger partial charge in [-0.25, -0.2) is 0 Å². The minimum atomic E-state index is -0.496. The van der Waals surface area contributed by atoms with Crippen molar-refractivity contribution in [3.63, 3.8) is 0 Å². The summed E-state index contributed by atoms with van der Waals surface area (Å²) in [6.45, 7) is 4.02. The van der Waals surface area contributed by atoms with Crippen molar-refractivity contribution in [2.45, 2.75) is 51.2 Å². The Morgan fingerprint density at radius 1 is 1.37 bits per heavy atom. The van der Waals surface area contributed by atoms with E-state index in [2.05, 4.69) is 37.3 Å². The monoisotopic (exact) mass is 258 g/mol. The molecule has 1 fully saturated rings. The van der Waals surface area contributed by atoms with Crippen LogP contribution in [0.15, 0.2) is 42.0 Å². The predicted molar refractivity (Wildman–Crippen MR) is 77.1 cm³/mol. The van der Waals surface area contributed by atoms with Gasteiger partial charge in [0.05, 0.1) is 6.10 Å². The fourth-order valence-electron chi connectivity index (χ4n) is 2.31. The fourth-order valence-corrected chi connectivity index (χ4v) is 2.31. The van der Waals surface area contributed by atoms with Crippen molar-refractivity contribution in [2.75, 3.05) is 0 Å². The molecular weight excluding hydrogens is 236 g/mol.